The van der Waals surface area contributed by atoms with Crippen molar-refractivity contribution in [1.82, 2.24) is 9.97 Å². The van der Waals surface area contributed by atoms with Crippen molar-refractivity contribution in [3.63, 3.8) is 0 Å². The summed E-state index contributed by atoms with van der Waals surface area (Å²) >= 11 is 0. The quantitative estimate of drug-likeness (QED) is 0.538. The molecule has 0 fully saturated rings. The van der Waals surface area contributed by atoms with Crippen LogP contribution in [0, 0.1) is 0 Å². The highest BCUT2D eigenvalue weighted by Crippen LogP contribution is 2.21. The molecule has 112 valence electrons. The lowest BCUT2D eigenvalue weighted by Gasteiger charge is -2.13. The van der Waals surface area contributed by atoms with Gasteiger partial charge in [0.2, 0.25) is 0 Å². The first-order valence-corrected chi connectivity index (χ1v) is 7.40. The number of benzene rings is 1. The van der Waals surface area contributed by atoms with Crippen molar-refractivity contribution in [2.75, 3.05) is 10.7 Å². The van der Waals surface area contributed by atoms with Crippen molar-refractivity contribution >= 4 is 11.6 Å². The smallest absolute Gasteiger partial charge is 0.148 e. The van der Waals surface area contributed by atoms with Gasteiger partial charge in [-0.25, -0.2) is 15.8 Å². The molecule has 5 nitrogen and oxygen atoms in total. The molecule has 2 aromatic rings. The Morgan fingerprint density at radius 2 is 1.67 bits per heavy atom. The summed E-state index contributed by atoms with van der Waals surface area (Å²) in [5, 5.41) is 3.38. The van der Waals surface area contributed by atoms with Crippen molar-refractivity contribution in [3.05, 3.63) is 47.3 Å². The molecule has 0 bridgehead atoms. The van der Waals surface area contributed by atoms with E-state index in [4.69, 9.17) is 5.84 Å². The highest BCUT2D eigenvalue weighted by atomic mass is 15.3. The standard InChI is InChI=1S/C16H23N5/c1-3-5-14-15(19-11-20-16(14)21-17)18-10-13-8-6-12(4-2)7-9-13/h6-9,11H,3-5,10,17H2,1-2H3,(H2,18,19,20,21). The molecule has 5 heteroatoms. The molecule has 0 saturated carbocycles. The van der Waals surface area contributed by atoms with Gasteiger partial charge < -0.3 is 10.7 Å². The molecule has 1 heterocycles. The molecule has 0 unspecified atom stereocenters. The van der Waals surface area contributed by atoms with Crippen LogP contribution in [0.4, 0.5) is 11.6 Å². The highest BCUT2D eigenvalue weighted by molar-refractivity contribution is 5.57. The molecule has 21 heavy (non-hydrogen) atoms. The molecule has 0 amide bonds. The number of nitrogen functional groups attached to an aromatic ring is 1. The molecule has 1 aromatic heterocycles. The van der Waals surface area contributed by atoms with Gasteiger partial charge in [-0.1, -0.05) is 44.5 Å². The third-order valence-electron chi connectivity index (χ3n) is 3.47. The van der Waals surface area contributed by atoms with Gasteiger partial charge in [0.05, 0.1) is 0 Å². The Bertz CT molecular complexity index is 565. The van der Waals surface area contributed by atoms with Gasteiger partial charge in [0.1, 0.15) is 18.0 Å². The number of nitrogens with one attached hydrogen (secondary N) is 2. The third kappa shape index (κ3) is 3.92. The zero-order valence-electron chi connectivity index (χ0n) is 12.7. The summed E-state index contributed by atoms with van der Waals surface area (Å²) in [6, 6.07) is 8.62. The Morgan fingerprint density at radius 3 is 2.29 bits per heavy atom. The zero-order chi connectivity index (χ0) is 15.1. The minimum Gasteiger partial charge on any atom is -0.366 e. The normalized spacial score (nSPS) is 10.4. The maximum atomic E-state index is 5.52. The predicted molar refractivity (Wildman–Crippen MR) is 87.0 cm³/mol. The van der Waals surface area contributed by atoms with Crippen LogP contribution in [0.15, 0.2) is 30.6 Å². The number of nitrogens with two attached hydrogens (primary N) is 1. The Morgan fingerprint density at radius 1 is 1.00 bits per heavy atom. The van der Waals surface area contributed by atoms with Gasteiger partial charge in [-0.3, -0.25) is 0 Å². The van der Waals surface area contributed by atoms with Gasteiger partial charge in [0, 0.05) is 12.1 Å². The minimum atomic E-state index is 0.690. The first-order valence-electron chi connectivity index (χ1n) is 7.40. The summed E-state index contributed by atoms with van der Waals surface area (Å²) < 4.78 is 0. The first-order chi connectivity index (χ1) is 10.3. The molecule has 1 aromatic carbocycles. The summed E-state index contributed by atoms with van der Waals surface area (Å²) in [6.07, 6.45) is 4.49. The molecule has 2 rings (SSSR count). The average molecular weight is 285 g/mol. The van der Waals surface area contributed by atoms with Crippen molar-refractivity contribution in [2.45, 2.75) is 39.7 Å². The van der Waals surface area contributed by atoms with E-state index in [1.165, 1.54) is 17.5 Å². The van der Waals surface area contributed by atoms with Gasteiger partial charge in [-0.05, 0) is 24.0 Å². The Balaban J connectivity index is 2.11. The number of nitrogens with zero attached hydrogens (tertiary/aromatic N) is 2. The average Bonchev–Trinajstić information content (AvgIpc) is 2.54. The topological polar surface area (TPSA) is 75.9 Å². The lowest BCUT2D eigenvalue weighted by atomic mass is 10.1. The number of hydrazine groups is 1. The van der Waals surface area contributed by atoms with Crippen molar-refractivity contribution in [2.24, 2.45) is 5.84 Å². The van der Waals surface area contributed by atoms with Gasteiger partial charge in [-0.2, -0.15) is 0 Å². The second-order valence-corrected chi connectivity index (χ2v) is 4.97. The fraction of sp³-hybridized carbons (Fsp3) is 0.375. The molecular weight excluding hydrogens is 262 g/mol. The van der Waals surface area contributed by atoms with E-state index in [1.807, 2.05) is 0 Å². The van der Waals surface area contributed by atoms with E-state index in [1.54, 1.807) is 0 Å². The maximum Gasteiger partial charge on any atom is 0.148 e. The second kappa shape index (κ2) is 7.59. The molecule has 4 N–H and O–H groups in total. The number of rotatable bonds is 7. The van der Waals surface area contributed by atoms with Crippen LogP contribution < -0.4 is 16.6 Å². The number of hydrogen-bond donors (Lipinski definition) is 3. The van der Waals surface area contributed by atoms with Crippen LogP contribution in [0.1, 0.15) is 37.0 Å². The second-order valence-electron chi connectivity index (χ2n) is 4.97. The molecular formula is C16H23N5. The van der Waals surface area contributed by atoms with Crippen molar-refractivity contribution < 1.29 is 0 Å². The number of hydrogen-bond acceptors (Lipinski definition) is 5. The van der Waals surface area contributed by atoms with Gasteiger partial charge in [0.25, 0.3) is 0 Å². The van der Waals surface area contributed by atoms with Gasteiger partial charge in [-0.15, -0.1) is 0 Å². The molecule has 0 radical (unpaired) electrons. The summed E-state index contributed by atoms with van der Waals surface area (Å²) in [7, 11) is 0. The molecule has 0 spiro atoms. The summed E-state index contributed by atoms with van der Waals surface area (Å²) in [6.45, 7) is 5.02. The summed E-state index contributed by atoms with van der Waals surface area (Å²) in [5.41, 5.74) is 6.26. The van der Waals surface area contributed by atoms with E-state index >= 15 is 0 Å². The van der Waals surface area contributed by atoms with Crippen LogP contribution in [0.2, 0.25) is 0 Å². The van der Waals surface area contributed by atoms with Crippen LogP contribution in [-0.2, 0) is 19.4 Å². The van der Waals surface area contributed by atoms with E-state index in [2.05, 4.69) is 58.8 Å². The highest BCUT2D eigenvalue weighted by Gasteiger charge is 2.09. The van der Waals surface area contributed by atoms with E-state index in [9.17, 15) is 0 Å². The van der Waals surface area contributed by atoms with Crippen molar-refractivity contribution in [1.29, 1.82) is 0 Å². The fourth-order valence-corrected chi connectivity index (χ4v) is 2.25. The van der Waals surface area contributed by atoms with Crippen molar-refractivity contribution in [3.8, 4) is 0 Å². The first kappa shape index (κ1) is 15.3. The van der Waals surface area contributed by atoms with Gasteiger partial charge in [0.15, 0.2) is 0 Å². The molecule has 0 aliphatic heterocycles. The molecule has 0 aliphatic rings. The third-order valence-corrected chi connectivity index (χ3v) is 3.47. The molecule has 0 saturated heterocycles. The van der Waals surface area contributed by atoms with E-state index < -0.39 is 0 Å². The number of aromatic nitrogens is 2. The Labute approximate surface area is 126 Å². The Hall–Kier alpha value is -2.14. The van der Waals surface area contributed by atoms with Crippen LogP contribution in [0.3, 0.4) is 0 Å². The number of aryl methyl sites for hydroxylation is 1. The largest absolute Gasteiger partial charge is 0.366 e. The van der Waals surface area contributed by atoms with E-state index in [0.29, 0.717) is 5.82 Å². The monoisotopic (exact) mass is 285 g/mol. The summed E-state index contributed by atoms with van der Waals surface area (Å²) in [5.74, 6) is 7.06. The van der Waals surface area contributed by atoms with E-state index in [0.717, 1.165) is 37.2 Å². The summed E-state index contributed by atoms with van der Waals surface area (Å²) in [4.78, 5) is 8.50. The number of anilines is 2. The molecule has 0 aliphatic carbocycles. The van der Waals surface area contributed by atoms with Crippen LogP contribution in [0.25, 0.3) is 0 Å². The van der Waals surface area contributed by atoms with Gasteiger partial charge >= 0.3 is 0 Å². The zero-order valence-corrected chi connectivity index (χ0v) is 12.7. The fourth-order valence-electron chi connectivity index (χ4n) is 2.25. The van der Waals surface area contributed by atoms with Crippen LogP contribution >= 0.6 is 0 Å². The lowest BCUT2D eigenvalue weighted by Crippen LogP contribution is -2.14. The predicted octanol–water partition coefficient (Wildman–Crippen LogP) is 2.89. The SMILES string of the molecule is CCCc1c(NN)ncnc1NCc1ccc(CC)cc1. The lowest BCUT2D eigenvalue weighted by molar-refractivity contribution is 0.896. The van der Waals surface area contributed by atoms with Crippen LogP contribution in [-0.4, -0.2) is 9.97 Å². The maximum absolute atomic E-state index is 5.52. The minimum absolute atomic E-state index is 0.690. The van der Waals surface area contributed by atoms with Crippen LogP contribution in [0.5, 0.6) is 0 Å². The Kier molecular flexibility index (Phi) is 5.51. The van der Waals surface area contributed by atoms with E-state index in [-0.39, 0.29) is 0 Å². The molecule has 0 atom stereocenters.